The van der Waals surface area contributed by atoms with Gasteiger partial charge in [0.1, 0.15) is 0 Å². The molecule has 0 unspecified atom stereocenters. The van der Waals surface area contributed by atoms with Gasteiger partial charge in [0, 0.05) is 19.1 Å². The van der Waals surface area contributed by atoms with Crippen LogP contribution in [0.15, 0.2) is 18.2 Å². The Morgan fingerprint density at radius 3 is 2.48 bits per heavy atom. The van der Waals surface area contributed by atoms with E-state index in [9.17, 15) is 4.79 Å². The molecular weight excluding hydrogens is 307 g/mol. The Morgan fingerprint density at radius 2 is 1.90 bits per heavy atom. The average Bonchev–Trinajstić information content (AvgIpc) is 2.50. The van der Waals surface area contributed by atoms with Crippen LogP contribution < -0.4 is 5.32 Å². The van der Waals surface area contributed by atoms with Crippen molar-refractivity contribution in [3.63, 3.8) is 0 Å². The van der Waals surface area contributed by atoms with Crippen molar-refractivity contribution in [2.75, 3.05) is 14.1 Å². The van der Waals surface area contributed by atoms with E-state index in [1.807, 2.05) is 25.1 Å². The highest BCUT2D eigenvalue weighted by Crippen LogP contribution is 2.25. The highest BCUT2D eigenvalue weighted by Gasteiger charge is 2.25. The first-order valence-corrected chi connectivity index (χ1v) is 8.13. The molecule has 0 radical (unpaired) electrons. The fourth-order valence-corrected chi connectivity index (χ4v) is 3.23. The van der Waals surface area contributed by atoms with Crippen LogP contribution in [0, 0.1) is 0 Å². The standard InChI is InChI=1S/C16H22Cl2N2O/c1-19-12-4-6-13(7-5-12)20(2)16(21)10-11-3-8-14(17)15(18)9-11/h3,8-9,12-13,19H,4-7,10H2,1-2H3. The molecule has 0 saturated heterocycles. The van der Waals surface area contributed by atoms with Gasteiger partial charge < -0.3 is 10.2 Å². The minimum absolute atomic E-state index is 0.140. The number of rotatable bonds is 4. The molecule has 1 amide bonds. The van der Waals surface area contributed by atoms with Gasteiger partial charge in [-0.3, -0.25) is 4.79 Å². The van der Waals surface area contributed by atoms with Crippen molar-refractivity contribution in [3.8, 4) is 0 Å². The molecule has 0 bridgehead atoms. The van der Waals surface area contributed by atoms with Crippen molar-refractivity contribution in [1.29, 1.82) is 0 Å². The molecule has 0 aliphatic heterocycles. The van der Waals surface area contributed by atoms with Gasteiger partial charge in [0.05, 0.1) is 16.5 Å². The summed E-state index contributed by atoms with van der Waals surface area (Å²) >= 11 is 11.9. The van der Waals surface area contributed by atoms with Crippen LogP contribution in [-0.2, 0) is 11.2 Å². The molecule has 1 saturated carbocycles. The summed E-state index contributed by atoms with van der Waals surface area (Å²) in [5, 5.41) is 4.33. The maximum absolute atomic E-state index is 12.4. The normalized spacial score (nSPS) is 22.1. The van der Waals surface area contributed by atoms with Crippen molar-refractivity contribution in [1.82, 2.24) is 10.2 Å². The van der Waals surface area contributed by atoms with Crippen LogP contribution in [0.25, 0.3) is 0 Å². The van der Waals surface area contributed by atoms with E-state index in [0.29, 0.717) is 28.5 Å². The van der Waals surface area contributed by atoms with Crippen molar-refractivity contribution in [2.24, 2.45) is 0 Å². The molecule has 0 spiro atoms. The molecule has 21 heavy (non-hydrogen) atoms. The van der Waals surface area contributed by atoms with Crippen LogP contribution in [0.3, 0.4) is 0 Å². The number of nitrogens with one attached hydrogen (secondary N) is 1. The number of carbonyl (C=O) groups excluding carboxylic acids is 1. The van der Waals surface area contributed by atoms with Crippen LogP contribution in [0.2, 0.25) is 10.0 Å². The topological polar surface area (TPSA) is 32.3 Å². The lowest BCUT2D eigenvalue weighted by Gasteiger charge is -2.34. The monoisotopic (exact) mass is 328 g/mol. The number of likely N-dealkylation sites (N-methyl/N-ethyl adjacent to an activating group) is 1. The third-order valence-corrected chi connectivity index (χ3v) is 5.12. The molecule has 1 fully saturated rings. The largest absolute Gasteiger partial charge is 0.342 e. The van der Waals surface area contributed by atoms with E-state index in [1.165, 1.54) is 0 Å². The maximum Gasteiger partial charge on any atom is 0.226 e. The van der Waals surface area contributed by atoms with E-state index < -0.39 is 0 Å². The number of benzene rings is 1. The molecule has 0 atom stereocenters. The summed E-state index contributed by atoms with van der Waals surface area (Å²) in [6.45, 7) is 0. The first-order valence-electron chi connectivity index (χ1n) is 7.38. The molecule has 5 heteroatoms. The summed E-state index contributed by atoms with van der Waals surface area (Å²) in [5.74, 6) is 0.140. The Hall–Kier alpha value is -0.770. The third-order valence-electron chi connectivity index (χ3n) is 4.39. The van der Waals surface area contributed by atoms with Gasteiger partial charge in [0.2, 0.25) is 5.91 Å². The average molecular weight is 329 g/mol. The molecule has 1 aromatic carbocycles. The zero-order valence-corrected chi connectivity index (χ0v) is 14.0. The maximum atomic E-state index is 12.4. The molecule has 2 rings (SSSR count). The summed E-state index contributed by atoms with van der Waals surface area (Å²) in [5.41, 5.74) is 0.908. The van der Waals surface area contributed by atoms with Crippen LogP contribution in [-0.4, -0.2) is 37.0 Å². The second-order valence-electron chi connectivity index (χ2n) is 5.72. The summed E-state index contributed by atoms with van der Waals surface area (Å²) in [7, 11) is 3.91. The molecule has 1 aliphatic carbocycles. The van der Waals surface area contributed by atoms with Gasteiger partial charge in [-0.25, -0.2) is 0 Å². The first-order chi connectivity index (χ1) is 10.0. The van der Waals surface area contributed by atoms with Crippen molar-refractivity contribution in [3.05, 3.63) is 33.8 Å². The summed E-state index contributed by atoms with van der Waals surface area (Å²) in [6.07, 6.45) is 4.76. The Balaban J connectivity index is 1.92. The first kappa shape index (κ1) is 16.6. The number of hydrogen-bond acceptors (Lipinski definition) is 2. The SMILES string of the molecule is CNC1CCC(N(C)C(=O)Cc2ccc(Cl)c(Cl)c2)CC1. The van der Waals surface area contributed by atoms with Crippen molar-refractivity contribution < 1.29 is 4.79 Å². The number of amides is 1. The van der Waals surface area contributed by atoms with Crippen LogP contribution >= 0.6 is 23.2 Å². The molecule has 116 valence electrons. The fourth-order valence-electron chi connectivity index (χ4n) is 2.90. The summed E-state index contributed by atoms with van der Waals surface area (Å²) < 4.78 is 0. The quantitative estimate of drug-likeness (QED) is 0.917. The van der Waals surface area contributed by atoms with Crippen LogP contribution in [0.1, 0.15) is 31.2 Å². The number of hydrogen-bond donors (Lipinski definition) is 1. The Morgan fingerprint density at radius 1 is 1.24 bits per heavy atom. The predicted octanol–water partition coefficient (Wildman–Crippen LogP) is 3.52. The summed E-state index contributed by atoms with van der Waals surface area (Å²) in [4.78, 5) is 14.3. The Bertz CT molecular complexity index is 499. The predicted molar refractivity (Wildman–Crippen MR) is 88.0 cm³/mol. The molecular formula is C16H22Cl2N2O. The molecule has 3 nitrogen and oxygen atoms in total. The second-order valence-corrected chi connectivity index (χ2v) is 6.54. The van der Waals surface area contributed by atoms with Gasteiger partial charge in [-0.15, -0.1) is 0 Å². The minimum Gasteiger partial charge on any atom is -0.342 e. The Labute approximate surface area is 136 Å². The van der Waals surface area contributed by atoms with Gasteiger partial charge >= 0.3 is 0 Å². The number of carbonyl (C=O) groups is 1. The van der Waals surface area contributed by atoms with E-state index >= 15 is 0 Å². The molecule has 0 heterocycles. The van der Waals surface area contributed by atoms with E-state index in [2.05, 4.69) is 5.32 Å². The van der Waals surface area contributed by atoms with E-state index in [1.54, 1.807) is 12.1 Å². The lowest BCUT2D eigenvalue weighted by molar-refractivity contribution is -0.131. The minimum atomic E-state index is 0.140. The zero-order chi connectivity index (χ0) is 15.4. The summed E-state index contributed by atoms with van der Waals surface area (Å²) in [6, 6.07) is 6.32. The molecule has 1 aromatic rings. The van der Waals surface area contributed by atoms with Gasteiger partial charge in [-0.2, -0.15) is 0 Å². The third kappa shape index (κ3) is 4.35. The highest BCUT2D eigenvalue weighted by molar-refractivity contribution is 6.42. The van der Waals surface area contributed by atoms with Gasteiger partial charge in [0.25, 0.3) is 0 Å². The van der Waals surface area contributed by atoms with E-state index in [0.717, 1.165) is 31.2 Å². The van der Waals surface area contributed by atoms with E-state index in [4.69, 9.17) is 23.2 Å². The van der Waals surface area contributed by atoms with Crippen LogP contribution in [0.4, 0.5) is 0 Å². The van der Waals surface area contributed by atoms with Crippen LogP contribution in [0.5, 0.6) is 0 Å². The lowest BCUT2D eigenvalue weighted by atomic mass is 9.90. The van der Waals surface area contributed by atoms with Gasteiger partial charge in [-0.05, 0) is 50.4 Å². The van der Waals surface area contributed by atoms with Crippen molar-refractivity contribution >= 4 is 29.1 Å². The second kappa shape index (κ2) is 7.48. The van der Waals surface area contributed by atoms with Gasteiger partial charge in [-0.1, -0.05) is 29.3 Å². The molecule has 1 aliphatic rings. The van der Waals surface area contributed by atoms with E-state index in [-0.39, 0.29) is 5.91 Å². The highest BCUT2D eigenvalue weighted by atomic mass is 35.5. The van der Waals surface area contributed by atoms with Crippen molar-refractivity contribution in [2.45, 2.75) is 44.2 Å². The lowest BCUT2D eigenvalue weighted by Crippen LogP contribution is -2.43. The number of nitrogens with zero attached hydrogens (tertiary/aromatic N) is 1. The smallest absolute Gasteiger partial charge is 0.226 e. The molecule has 0 aromatic heterocycles. The molecule has 1 N–H and O–H groups in total. The Kier molecular flexibility index (Phi) is 5.91. The van der Waals surface area contributed by atoms with Gasteiger partial charge in [0.15, 0.2) is 0 Å². The number of halogens is 2. The zero-order valence-electron chi connectivity index (χ0n) is 12.5. The fraction of sp³-hybridized carbons (Fsp3) is 0.562.